The Labute approximate surface area is 128 Å². The van der Waals surface area contributed by atoms with E-state index in [9.17, 15) is 0 Å². The molecule has 0 radical (unpaired) electrons. The van der Waals surface area contributed by atoms with Crippen LogP contribution in [-0.2, 0) is 9.47 Å². The van der Waals surface area contributed by atoms with Gasteiger partial charge in [0.15, 0.2) is 0 Å². The number of hydrogen-bond acceptors (Lipinski definition) is 4. The largest absolute Gasteiger partial charge is 0.497 e. The van der Waals surface area contributed by atoms with E-state index in [0.717, 1.165) is 43.9 Å². The summed E-state index contributed by atoms with van der Waals surface area (Å²) in [7, 11) is 1.68. The van der Waals surface area contributed by atoms with Crippen molar-refractivity contribution in [2.75, 3.05) is 40.0 Å². The minimum atomic E-state index is 0.0488. The van der Waals surface area contributed by atoms with Gasteiger partial charge in [0.1, 0.15) is 5.75 Å². The first kappa shape index (κ1) is 18.0. The van der Waals surface area contributed by atoms with Gasteiger partial charge < -0.3 is 19.5 Å². The molecule has 0 fully saturated rings. The highest BCUT2D eigenvalue weighted by Gasteiger charge is 2.11. The number of benzene rings is 1. The van der Waals surface area contributed by atoms with E-state index in [1.54, 1.807) is 7.11 Å². The van der Waals surface area contributed by atoms with Crippen molar-refractivity contribution in [3.8, 4) is 5.75 Å². The molecule has 0 aromatic heterocycles. The van der Waals surface area contributed by atoms with Crippen LogP contribution in [0.3, 0.4) is 0 Å². The minimum Gasteiger partial charge on any atom is -0.497 e. The van der Waals surface area contributed by atoms with E-state index in [1.807, 2.05) is 12.1 Å². The Kier molecular flexibility index (Phi) is 9.87. The molecule has 1 aromatic rings. The third-order valence-corrected chi connectivity index (χ3v) is 3.14. The fraction of sp³-hybridized carbons (Fsp3) is 0.647. The van der Waals surface area contributed by atoms with Crippen LogP contribution in [0.4, 0.5) is 0 Å². The van der Waals surface area contributed by atoms with Gasteiger partial charge in [-0.1, -0.05) is 26.0 Å². The summed E-state index contributed by atoms with van der Waals surface area (Å²) in [5.74, 6) is 0.866. The Morgan fingerprint density at radius 2 is 1.76 bits per heavy atom. The molecule has 0 aliphatic carbocycles. The Balaban J connectivity index is 2.49. The van der Waals surface area contributed by atoms with Gasteiger partial charge in [-0.05, 0) is 37.1 Å². The summed E-state index contributed by atoms with van der Waals surface area (Å²) in [6.45, 7) is 8.14. The van der Waals surface area contributed by atoms with Crippen molar-refractivity contribution in [1.82, 2.24) is 5.32 Å². The first-order valence-electron chi connectivity index (χ1n) is 7.85. The molecule has 1 N–H and O–H groups in total. The van der Waals surface area contributed by atoms with Gasteiger partial charge in [-0.15, -0.1) is 0 Å². The van der Waals surface area contributed by atoms with Crippen molar-refractivity contribution >= 4 is 0 Å². The molecule has 0 bridgehead atoms. The van der Waals surface area contributed by atoms with Crippen LogP contribution >= 0.6 is 0 Å². The third kappa shape index (κ3) is 7.46. The zero-order valence-electron chi connectivity index (χ0n) is 13.6. The topological polar surface area (TPSA) is 39.7 Å². The highest BCUT2D eigenvalue weighted by atomic mass is 16.5. The Morgan fingerprint density at radius 1 is 1.00 bits per heavy atom. The number of rotatable bonds is 12. The van der Waals surface area contributed by atoms with Crippen molar-refractivity contribution in [3.63, 3.8) is 0 Å². The monoisotopic (exact) mass is 295 g/mol. The van der Waals surface area contributed by atoms with Crippen LogP contribution in [0.1, 0.15) is 38.4 Å². The van der Waals surface area contributed by atoms with Crippen LogP contribution in [0.15, 0.2) is 24.3 Å². The molecular weight excluding hydrogens is 266 g/mol. The average molecular weight is 295 g/mol. The first-order valence-corrected chi connectivity index (χ1v) is 7.85. The smallest absolute Gasteiger partial charge is 0.118 e. The van der Waals surface area contributed by atoms with Crippen LogP contribution in [0, 0.1) is 0 Å². The number of hydrogen-bond donors (Lipinski definition) is 1. The predicted octanol–water partition coefficient (Wildman–Crippen LogP) is 3.18. The van der Waals surface area contributed by atoms with E-state index in [4.69, 9.17) is 14.2 Å². The molecule has 1 atom stereocenters. The summed E-state index contributed by atoms with van der Waals surface area (Å²) < 4.78 is 16.6. The zero-order valence-corrected chi connectivity index (χ0v) is 13.6. The van der Waals surface area contributed by atoms with Crippen molar-refractivity contribution in [3.05, 3.63) is 29.8 Å². The fourth-order valence-electron chi connectivity index (χ4n) is 2.00. The predicted molar refractivity (Wildman–Crippen MR) is 86.0 cm³/mol. The first-order chi connectivity index (χ1) is 10.3. The maximum Gasteiger partial charge on any atom is 0.118 e. The minimum absolute atomic E-state index is 0.0488. The Hall–Kier alpha value is -1.10. The van der Waals surface area contributed by atoms with Crippen LogP contribution < -0.4 is 10.1 Å². The van der Waals surface area contributed by atoms with E-state index < -0.39 is 0 Å². The number of ether oxygens (including phenoxy) is 3. The SMILES string of the molecule is CCCNCC(OCCOCCC)c1ccc(OC)cc1. The van der Waals surface area contributed by atoms with Crippen LogP contribution in [-0.4, -0.2) is 40.0 Å². The lowest BCUT2D eigenvalue weighted by Gasteiger charge is -2.19. The average Bonchev–Trinajstić information content (AvgIpc) is 2.53. The lowest BCUT2D eigenvalue weighted by molar-refractivity contribution is 0.00432. The zero-order chi connectivity index (χ0) is 15.3. The molecule has 4 nitrogen and oxygen atoms in total. The molecule has 0 spiro atoms. The summed E-state index contributed by atoms with van der Waals surface area (Å²) in [6, 6.07) is 8.06. The van der Waals surface area contributed by atoms with Crippen molar-refractivity contribution in [2.45, 2.75) is 32.8 Å². The molecule has 0 saturated carbocycles. The highest BCUT2D eigenvalue weighted by Crippen LogP contribution is 2.20. The van der Waals surface area contributed by atoms with Crippen LogP contribution in [0.25, 0.3) is 0 Å². The van der Waals surface area contributed by atoms with Gasteiger partial charge in [0, 0.05) is 13.2 Å². The maximum absolute atomic E-state index is 5.97. The lowest BCUT2D eigenvalue weighted by Crippen LogP contribution is -2.25. The normalized spacial score (nSPS) is 12.3. The van der Waals surface area contributed by atoms with Crippen molar-refractivity contribution < 1.29 is 14.2 Å². The van der Waals surface area contributed by atoms with Crippen molar-refractivity contribution in [1.29, 1.82) is 0 Å². The maximum atomic E-state index is 5.97. The van der Waals surface area contributed by atoms with Gasteiger partial charge in [0.2, 0.25) is 0 Å². The van der Waals surface area contributed by atoms with Crippen LogP contribution in [0.2, 0.25) is 0 Å². The molecule has 4 heteroatoms. The van der Waals surface area contributed by atoms with E-state index in [0.29, 0.717) is 13.2 Å². The van der Waals surface area contributed by atoms with E-state index in [1.165, 1.54) is 0 Å². The molecular formula is C17H29NO3. The molecule has 0 aliphatic heterocycles. The summed E-state index contributed by atoms with van der Waals surface area (Å²) in [5, 5.41) is 3.42. The summed E-state index contributed by atoms with van der Waals surface area (Å²) in [4.78, 5) is 0. The Bertz CT molecular complexity index is 354. The van der Waals surface area contributed by atoms with Gasteiger partial charge in [-0.3, -0.25) is 0 Å². The van der Waals surface area contributed by atoms with Gasteiger partial charge >= 0.3 is 0 Å². The van der Waals surface area contributed by atoms with Gasteiger partial charge in [-0.25, -0.2) is 0 Å². The quantitative estimate of drug-likeness (QED) is 0.601. The molecule has 0 heterocycles. The third-order valence-electron chi connectivity index (χ3n) is 3.14. The lowest BCUT2D eigenvalue weighted by atomic mass is 10.1. The molecule has 120 valence electrons. The molecule has 1 aromatic carbocycles. The number of methoxy groups -OCH3 is 1. The van der Waals surface area contributed by atoms with E-state index >= 15 is 0 Å². The second kappa shape index (κ2) is 11.5. The molecule has 0 saturated heterocycles. The molecule has 0 amide bonds. The molecule has 0 aliphatic rings. The van der Waals surface area contributed by atoms with E-state index in [-0.39, 0.29) is 6.10 Å². The standard InChI is InChI=1S/C17H29NO3/c1-4-10-18-14-17(21-13-12-20-11-5-2)15-6-8-16(19-3)9-7-15/h6-9,17-18H,4-5,10-14H2,1-3H3. The van der Waals surface area contributed by atoms with E-state index in [2.05, 4.69) is 31.3 Å². The highest BCUT2D eigenvalue weighted by molar-refractivity contribution is 5.28. The van der Waals surface area contributed by atoms with Gasteiger partial charge in [-0.2, -0.15) is 0 Å². The Morgan fingerprint density at radius 3 is 2.38 bits per heavy atom. The second-order valence-electron chi connectivity index (χ2n) is 4.95. The molecule has 21 heavy (non-hydrogen) atoms. The summed E-state index contributed by atoms with van der Waals surface area (Å²) >= 11 is 0. The fourth-order valence-corrected chi connectivity index (χ4v) is 2.00. The summed E-state index contributed by atoms with van der Waals surface area (Å²) in [6.07, 6.45) is 2.21. The second-order valence-corrected chi connectivity index (χ2v) is 4.95. The molecule has 1 rings (SSSR count). The molecule has 1 unspecified atom stereocenters. The van der Waals surface area contributed by atoms with Gasteiger partial charge in [0.25, 0.3) is 0 Å². The van der Waals surface area contributed by atoms with Crippen LogP contribution in [0.5, 0.6) is 5.75 Å². The van der Waals surface area contributed by atoms with Crippen molar-refractivity contribution in [2.24, 2.45) is 0 Å². The number of nitrogens with one attached hydrogen (secondary N) is 1. The summed E-state index contributed by atoms with van der Waals surface area (Å²) in [5.41, 5.74) is 1.16. The van der Waals surface area contributed by atoms with Gasteiger partial charge in [0.05, 0.1) is 26.4 Å².